The predicted octanol–water partition coefficient (Wildman–Crippen LogP) is 4.97. The Kier molecular flexibility index (Phi) is 4.97. The van der Waals surface area contributed by atoms with Crippen molar-refractivity contribution in [3.05, 3.63) is 34.7 Å². The van der Waals surface area contributed by atoms with Crippen LogP contribution in [0.2, 0.25) is 0 Å². The molecule has 19 heavy (non-hydrogen) atoms. The van der Waals surface area contributed by atoms with Crippen molar-refractivity contribution >= 4 is 17.0 Å². The smallest absolute Gasteiger partial charge is 0.0901 e. The molecule has 0 aliphatic carbocycles. The number of rotatable bonds is 6. The maximum atomic E-state index is 4.54. The molecule has 0 saturated carbocycles. The number of anilines is 1. The van der Waals surface area contributed by atoms with Crippen LogP contribution < -0.4 is 5.32 Å². The van der Waals surface area contributed by atoms with E-state index in [9.17, 15) is 0 Å². The summed E-state index contributed by atoms with van der Waals surface area (Å²) < 4.78 is 0. The Balaban J connectivity index is 2.03. The number of nitrogens with zero attached hydrogens (tertiary/aromatic N) is 1. The van der Waals surface area contributed by atoms with Gasteiger partial charge in [-0.05, 0) is 31.4 Å². The van der Waals surface area contributed by atoms with Crippen LogP contribution in [0.5, 0.6) is 0 Å². The van der Waals surface area contributed by atoms with Gasteiger partial charge in [-0.2, -0.15) is 0 Å². The molecule has 0 aliphatic heterocycles. The van der Waals surface area contributed by atoms with Crippen molar-refractivity contribution in [2.24, 2.45) is 5.92 Å². The van der Waals surface area contributed by atoms with Crippen LogP contribution in [-0.2, 0) is 0 Å². The highest BCUT2D eigenvalue weighted by Gasteiger charge is 2.04. The number of hydrogen-bond donors (Lipinski definition) is 1. The molecular formula is C16H22N2S. The summed E-state index contributed by atoms with van der Waals surface area (Å²) in [6, 6.07) is 8.53. The minimum absolute atomic E-state index is 0.718. The van der Waals surface area contributed by atoms with Gasteiger partial charge in [0.25, 0.3) is 0 Å². The third-order valence-corrected chi connectivity index (χ3v) is 3.99. The lowest BCUT2D eigenvalue weighted by Gasteiger charge is -2.13. The first-order chi connectivity index (χ1) is 9.19. The van der Waals surface area contributed by atoms with E-state index in [-0.39, 0.29) is 0 Å². The summed E-state index contributed by atoms with van der Waals surface area (Å²) in [5, 5.41) is 6.76. The molecule has 1 atom stereocenters. The van der Waals surface area contributed by atoms with Crippen molar-refractivity contribution < 1.29 is 0 Å². The van der Waals surface area contributed by atoms with Gasteiger partial charge in [-0.3, -0.25) is 0 Å². The van der Waals surface area contributed by atoms with E-state index in [1.54, 1.807) is 11.3 Å². The Hall–Kier alpha value is -1.35. The van der Waals surface area contributed by atoms with Crippen LogP contribution in [0.15, 0.2) is 29.6 Å². The van der Waals surface area contributed by atoms with Crippen LogP contribution in [-0.4, -0.2) is 11.5 Å². The van der Waals surface area contributed by atoms with Gasteiger partial charge in [-0.15, -0.1) is 11.3 Å². The molecule has 1 heterocycles. The Morgan fingerprint density at radius 3 is 2.89 bits per heavy atom. The Labute approximate surface area is 119 Å². The van der Waals surface area contributed by atoms with E-state index in [0.717, 1.165) is 23.2 Å². The van der Waals surface area contributed by atoms with E-state index in [1.807, 2.05) is 6.92 Å². The summed E-state index contributed by atoms with van der Waals surface area (Å²) in [7, 11) is 0. The number of hydrogen-bond acceptors (Lipinski definition) is 3. The van der Waals surface area contributed by atoms with Gasteiger partial charge >= 0.3 is 0 Å². The first-order valence-corrected chi connectivity index (χ1v) is 7.83. The van der Waals surface area contributed by atoms with Gasteiger partial charge in [-0.1, -0.05) is 32.4 Å². The minimum atomic E-state index is 0.718. The van der Waals surface area contributed by atoms with E-state index >= 15 is 0 Å². The molecule has 0 spiro atoms. The van der Waals surface area contributed by atoms with Crippen molar-refractivity contribution in [2.45, 2.75) is 33.6 Å². The van der Waals surface area contributed by atoms with E-state index in [2.05, 4.69) is 53.8 Å². The van der Waals surface area contributed by atoms with Gasteiger partial charge in [0.1, 0.15) is 0 Å². The second-order valence-corrected chi connectivity index (χ2v) is 6.17. The van der Waals surface area contributed by atoms with Gasteiger partial charge in [-0.25, -0.2) is 4.98 Å². The van der Waals surface area contributed by atoms with Crippen molar-refractivity contribution in [1.29, 1.82) is 0 Å². The first-order valence-electron chi connectivity index (χ1n) is 6.95. The Morgan fingerprint density at radius 2 is 2.21 bits per heavy atom. The highest BCUT2D eigenvalue weighted by Crippen LogP contribution is 2.24. The van der Waals surface area contributed by atoms with Crippen LogP contribution in [0.3, 0.4) is 0 Å². The van der Waals surface area contributed by atoms with Gasteiger partial charge in [0.2, 0.25) is 0 Å². The zero-order valence-corrected chi connectivity index (χ0v) is 12.8. The van der Waals surface area contributed by atoms with E-state index < -0.39 is 0 Å². The van der Waals surface area contributed by atoms with Crippen LogP contribution in [0.4, 0.5) is 5.69 Å². The molecule has 2 nitrogen and oxygen atoms in total. The molecule has 0 aliphatic rings. The molecule has 0 fully saturated rings. The van der Waals surface area contributed by atoms with Gasteiger partial charge in [0, 0.05) is 23.2 Å². The van der Waals surface area contributed by atoms with Crippen LogP contribution in [0, 0.1) is 12.8 Å². The van der Waals surface area contributed by atoms with Crippen molar-refractivity contribution in [2.75, 3.05) is 11.9 Å². The number of thiazole rings is 1. The summed E-state index contributed by atoms with van der Waals surface area (Å²) in [4.78, 5) is 4.54. The largest absolute Gasteiger partial charge is 0.385 e. The lowest BCUT2D eigenvalue weighted by atomic mass is 10.1. The lowest BCUT2D eigenvalue weighted by molar-refractivity contribution is 0.551. The third-order valence-electron chi connectivity index (χ3n) is 3.21. The fraction of sp³-hybridized carbons (Fsp3) is 0.438. The number of benzene rings is 1. The Bertz CT molecular complexity index is 519. The molecular weight excluding hydrogens is 252 g/mol. The van der Waals surface area contributed by atoms with Gasteiger partial charge in [0.05, 0.1) is 10.7 Å². The highest BCUT2D eigenvalue weighted by molar-refractivity contribution is 7.09. The molecule has 102 valence electrons. The standard InChI is InChI=1S/C16H22N2S/c1-4-6-12(2)10-17-15-8-5-7-14(9-15)16-11-19-13(3)18-16/h5,7-9,11-12,17H,4,6,10H2,1-3H3. The molecule has 0 amide bonds. The third kappa shape index (κ3) is 4.06. The molecule has 1 aromatic carbocycles. The fourth-order valence-corrected chi connectivity index (χ4v) is 2.79. The second-order valence-electron chi connectivity index (χ2n) is 5.11. The number of aromatic nitrogens is 1. The van der Waals surface area contributed by atoms with Crippen molar-refractivity contribution in [1.82, 2.24) is 4.98 Å². The normalized spacial score (nSPS) is 12.4. The monoisotopic (exact) mass is 274 g/mol. The van der Waals surface area contributed by atoms with Crippen LogP contribution in [0.1, 0.15) is 31.7 Å². The second kappa shape index (κ2) is 6.71. The van der Waals surface area contributed by atoms with Gasteiger partial charge in [0.15, 0.2) is 0 Å². The zero-order valence-electron chi connectivity index (χ0n) is 11.9. The van der Waals surface area contributed by atoms with Crippen molar-refractivity contribution in [3.63, 3.8) is 0 Å². The SMILES string of the molecule is CCCC(C)CNc1cccc(-c2csc(C)n2)c1. The average molecular weight is 274 g/mol. The van der Waals surface area contributed by atoms with E-state index in [0.29, 0.717) is 0 Å². The summed E-state index contributed by atoms with van der Waals surface area (Å²) in [6.45, 7) is 7.61. The summed E-state index contributed by atoms with van der Waals surface area (Å²) in [5.74, 6) is 0.718. The number of aryl methyl sites for hydroxylation is 1. The van der Waals surface area contributed by atoms with Crippen LogP contribution >= 0.6 is 11.3 Å². The predicted molar refractivity (Wildman–Crippen MR) is 84.8 cm³/mol. The molecule has 1 N–H and O–H groups in total. The number of nitrogens with one attached hydrogen (secondary N) is 1. The lowest BCUT2D eigenvalue weighted by Crippen LogP contribution is -2.10. The molecule has 1 unspecified atom stereocenters. The van der Waals surface area contributed by atoms with Crippen molar-refractivity contribution in [3.8, 4) is 11.3 Å². The van der Waals surface area contributed by atoms with E-state index in [1.165, 1.54) is 24.1 Å². The molecule has 0 bridgehead atoms. The summed E-state index contributed by atoms with van der Waals surface area (Å²) in [5.41, 5.74) is 3.45. The summed E-state index contributed by atoms with van der Waals surface area (Å²) >= 11 is 1.70. The molecule has 2 aromatic rings. The molecule has 0 radical (unpaired) electrons. The maximum Gasteiger partial charge on any atom is 0.0901 e. The Morgan fingerprint density at radius 1 is 1.37 bits per heavy atom. The van der Waals surface area contributed by atoms with Crippen LogP contribution in [0.25, 0.3) is 11.3 Å². The zero-order chi connectivity index (χ0) is 13.7. The molecule has 3 heteroatoms. The average Bonchev–Trinajstić information content (AvgIpc) is 2.84. The molecule has 2 rings (SSSR count). The van der Waals surface area contributed by atoms with Gasteiger partial charge < -0.3 is 5.32 Å². The maximum absolute atomic E-state index is 4.54. The topological polar surface area (TPSA) is 24.9 Å². The quantitative estimate of drug-likeness (QED) is 0.804. The first kappa shape index (κ1) is 14.1. The molecule has 0 saturated heterocycles. The highest BCUT2D eigenvalue weighted by atomic mass is 32.1. The fourth-order valence-electron chi connectivity index (χ4n) is 2.17. The minimum Gasteiger partial charge on any atom is -0.385 e. The molecule has 1 aromatic heterocycles. The van der Waals surface area contributed by atoms with E-state index in [4.69, 9.17) is 0 Å². The summed E-state index contributed by atoms with van der Waals surface area (Å²) in [6.07, 6.45) is 2.53.